The molecule has 1 heterocycles. The molecule has 0 aromatic heterocycles. The van der Waals surface area contributed by atoms with Crippen molar-refractivity contribution in [2.75, 3.05) is 0 Å². The van der Waals surface area contributed by atoms with Crippen LogP contribution in [0.4, 0.5) is 0 Å². The fourth-order valence-corrected chi connectivity index (χ4v) is 4.14. The summed E-state index contributed by atoms with van der Waals surface area (Å²) in [6, 6.07) is 0. The predicted molar refractivity (Wildman–Crippen MR) is 64.3 cm³/mol. The number of hydrogen-bond donors (Lipinski definition) is 1. The summed E-state index contributed by atoms with van der Waals surface area (Å²) in [6.45, 7) is 3.53. The second kappa shape index (κ2) is 3.14. The van der Waals surface area contributed by atoms with Crippen LogP contribution in [-0.4, -0.2) is 28.7 Å². The SMILES string of the molecule is C=CC#C[C@@]12O[C@@H]1[C@@H](O)[C@@H]1[C@H](C2=O)[C@@H]2C=C[C@H]1C2. The van der Waals surface area contributed by atoms with Crippen LogP contribution >= 0.6 is 0 Å². The summed E-state index contributed by atoms with van der Waals surface area (Å²) in [5.41, 5.74) is -1.03. The highest BCUT2D eigenvalue weighted by molar-refractivity contribution is 5.98. The first-order valence-corrected chi connectivity index (χ1v) is 6.41. The second-order valence-electron chi connectivity index (χ2n) is 5.65. The predicted octanol–water partition coefficient (Wildman–Crippen LogP) is 0.695. The van der Waals surface area contributed by atoms with Gasteiger partial charge in [-0.3, -0.25) is 4.79 Å². The third kappa shape index (κ3) is 1.02. The normalized spacial score (nSPS) is 54.4. The minimum absolute atomic E-state index is 0.0404. The first-order chi connectivity index (χ1) is 8.69. The molecule has 1 aliphatic heterocycles. The Bertz CT molecular complexity index is 538. The molecule has 0 spiro atoms. The Morgan fingerprint density at radius 2 is 2.28 bits per heavy atom. The lowest BCUT2D eigenvalue weighted by Crippen LogP contribution is -2.50. The molecule has 3 aliphatic carbocycles. The zero-order valence-electron chi connectivity index (χ0n) is 9.87. The van der Waals surface area contributed by atoms with Gasteiger partial charge in [-0.1, -0.05) is 30.6 Å². The van der Waals surface area contributed by atoms with Crippen LogP contribution < -0.4 is 0 Å². The van der Waals surface area contributed by atoms with Crippen molar-refractivity contribution in [2.24, 2.45) is 23.7 Å². The highest BCUT2D eigenvalue weighted by atomic mass is 16.6. The molecule has 3 fully saturated rings. The molecule has 3 heteroatoms. The van der Waals surface area contributed by atoms with Gasteiger partial charge in [-0.15, -0.1) is 0 Å². The number of allylic oxidation sites excluding steroid dienone is 3. The minimum atomic E-state index is -1.03. The quantitative estimate of drug-likeness (QED) is 0.386. The number of ether oxygens (including phenoxy) is 1. The Hall–Kier alpha value is -1.37. The van der Waals surface area contributed by atoms with E-state index in [1.165, 1.54) is 6.08 Å². The molecule has 1 N–H and O–H groups in total. The average Bonchev–Trinajstić information content (AvgIpc) is 2.77. The van der Waals surface area contributed by atoms with Gasteiger partial charge in [0.1, 0.15) is 6.10 Å². The van der Waals surface area contributed by atoms with Crippen molar-refractivity contribution in [1.82, 2.24) is 0 Å². The van der Waals surface area contributed by atoms with Gasteiger partial charge in [-0.05, 0) is 24.3 Å². The fraction of sp³-hybridized carbons (Fsp3) is 0.533. The summed E-state index contributed by atoms with van der Waals surface area (Å²) in [7, 11) is 0. The number of epoxide rings is 1. The number of rotatable bonds is 0. The zero-order valence-corrected chi connectivity index (χ0v) is 9.87. The highest BCUT2D eigenvalue weighted by Crippen LogP contribution is 2.60. The van der Waals surface area contributed by atoms with Crippen molar-refractivity contribution in [2.45, 2.75) is 24.2 Å². The van der Waals surface area contributed by atoms with Crippen molar-refractivity contribution in [1.29, 1.82) is 0 Å². The van der Waals surface area contributed by atoms with Crippen LogP contribution in [0.1, 0.15) is 6.42 Å². The fourth-order valence-electron chi connectivity index (χ4n) is 4.14. The molecule has 0 radical (unpaired) electrons. The van der Waals surface area contributed by atoms with E-state index in [9.17, 15) is 9.90 Å². The number of ketones is 1. The van der Waals surface area contributed by atoms with Gasteiger partial charge in [0.2, 0.25) is 5.60 Å². The molecule has 18 heavy (non-hydrogen) atoms. The van der Waals surface area contributed by atoms with Gasteiger partial charge in [0.15, 0.2) is 5.78 Å². The Labute approximate surface area is 106 Å². The van der Waals surface area contributed by atoms with Gasteiger partial charge in [0, 0.05) is 11.8 Å². The number of carbonyl (C=O) groups is 1. The molecule has 7 atom stereocenters. The number of hydrogen-bond acceptors (Lipinski definition) is 3. The van der Waals surface area contributed by atoms with E-state index in [0.29, 0.717) is 5.92 Å². The van der Waals surface area contributed by atoms with Crippen LogP contribution in [0.25, 0.3) is 0 Å². The smallest absolute Gasteiger partial charge is 0.216 e. The summed E-state index contributed by atoms with van der Waals surface area (Å²) in [5.74, 6) is 6.19. The molecule has 0 aromatic carbocycles. The summed E-state index contributed by atoms with van der Waals surface area (Å²) >= 11 is 0. The number of carbonyl (C=O) groups excluding carboxylic acids is 1. The Kier molecular flexibility index (Phi) is 1.84. The van der Waals surface area contributed by atoms with E-state index in [0.717, 1.165) is 6.42 Å². The maximum Gasteiger partial charge on any atom is 0.216 e. The van der Waals surface area contributed by atoms with E-state index in [-0.39, 0.29) is 23.5 Å². The van der Waals surface area contributed by atoms with Gasteiger partial charge in [0.25, 0.3) is 0 Å². The van der Waals surface area contributed by atoms with E-state index >= 15 is 0 Å². The zero-order chi connectivity index (χ0) is 12.5. The highest BCUT2D eigenvalue weighted by Gasteiger charge is 2.74. The van der Waals surface area contributed by atoms with E-state index in [4.69, 9.17) is 4.74 Å². The molecule has 2 bridgehead atoms. The van der Waals surface area contributed by atoms with E-state index in [1.54, 1.807) is 0 Å². The molecule has 3 nitrogen and oxygen atoms in total. The Morgan fingerprint density at radius 1 is 1.50 bits per heavy atom. The lowest BCUT2D eigenvalue weighted by molar-refractivity contribution is -0.131. The monoisotopic (exact) mass is 242 g/mol. The molecular formula is C15H14O3. The summed E-state index contributed by atoms with van der Waals surface area (Å²) in [6.07, 6.45) is 5.73. The Morgan fingerprint density at radius 3 is 3.06 bits per heavy atom. The summed E-state index contributed by atoms with van der Waals surface area (Å²) < 4.78 is 5.50. The van der Waals surface area contributed by atoms with Crippen molar-refractivity contribution in [3.63, 3.8) is 0 Å². The van der Waals surface area contributed by atoms with Gasteiger partial charge >= 0.3 is 0 Å². The van der Waals surface area contributed by atoms with E-state index in [1.807, 2.05) is 0 Å². The summed E-state index contributed by atoms with van der Waals surface area (Å²) in [4.78, 5) is 12.6. The number of fused-ring (bicyclic) bond motifs is 6. The van der Waals surface area contributed by atoms with Gasteiger partial charge in [0.05, 0.1) is 6.10 Å². The second-order valence-corrected chi connectivity index (χ2v) is 5.65. The third-order valence-electron chi connectivity index (χ3n) is 4.91. The first-order valence-electron chi connectivity index (χ1n) is 6.41. The molecular weight excluding hydrogens is 228 g/mol. The van der Waals surface area contributed by atoms with Crippen LogP contribution in [0.15, 0.2) is 24.8 Å². The molecule has 1 saturated heterocycles. The maximum atomic E-state index is 12.6. The van der Waals surface area contributed by atoms with Crippen molar-refractivity contribution >= 4 is 5.78 Å². The lowest BCUT2D eigenvalue weighted by atomic mass is 9.67. The average molecular weight is 242 g/mol. The third-order valence-corrected chi connectivity index (χ3v) is 4.91. The topological polar surface area (TPSA) is 49.8 Å². The van der Waals surface area contributed by atoms with Crippen LogP contribution in [0, 0.1) is 35.5 Å². The number of Topliss-reactive ketones (excluding diaryl/α,β-unsaturated/α-hetero) is 1. The molecule has 0 unspecified atom stereocenters. The van der Waals surface area contributed by atoms with E-state index in [2.05, 4.69) is 30.6 Å². The van der Waals surface area contributed by atoms with Crippen LogP contribution in [-0.2, 0) is 9.53 Å². The molecule has 4 rings (SSSR count). The molecule has 2 saturated carbocycles. The largest absolute Gasteiger partial charge is 0.390 e. The van der Waals surface area contributed by atoms with Crippen molar-refractivity contribution in [3.05, 3.63) is 24.8 Å². The van der Waals surface area contributed by atoms with Gasteiger partial charge < -0.3 is 9.84 Å². The molecule has 92 valence electrons. The molecule has 0 amide bonds. The van der Waals surface area contributed by atoms with Crippen LogP contribution in [0.3, 0.4) is 0 Å². The van der Waals surface area contributed by atoms with Crippen molar-refractivity contribution < 1.29 is 14.6 Å². The number of aliphatic hydroxyl groups is 1. The van der Waals surface area contributed by atoms with Crippen molar-refractivity contribution in [3.8, 4) is 11.8 Å². The van der Waals surface area contributed by atoms with Gasteiger partial charge in [-0.25, -0.2) is 0 Å². The van der Waals surface area contributed by atoms with E-state index < -0.39 is 17.8 Å². The minimum Gasteiger partial charge on any atom is -0.390 e. The lowest BCUT2D eigenvalue weighted by Gasteiger charge is -2.34. The Balaban J connectivity index is 1.76. The van der Waals surface area contributed by atoms with Crippen LogP contribution in [0.2, 0.25) is 0 Å². The number of aliphatic hydroxyl groups excluding tert-OH is 1. The first kappa shape index (κ1) is 10.5. The van der Waals surface area contributed by atoms with Gasteiger partial charge in [-0.2, -0.15) is 0 Å². The standard InChI is InChI=1S/C15H14O3/c1-2-3-6-15-13(17)11-9-5-4-8(7-9)10(11)12(16)14(15)18-15/h2,4-5,8-12,14,16H,1,7H2/t8-,9+,10-,11+,12-,14+,15-/m0/s1. The van der Waals surface area contributed by atoms with Crippen LogP contribution in [0.5, 0.6) is 0 Å². The molecule has 4 aliphatic rings. The summed E-state index contributed by atoms with van der Waals surface area (Å²) in [5, 5.41) is 10.4. The molecule has 0 aromatic rings. The maximum absolute atomic E-state index is 12.6.